The van der Waals surface area contributed by atoms with Gasteiger partial charge in [-0.15, -0.1) is 0 Å². The van der Waals surface area contributed by atoms with Gasteiger partial charge in [0.15, 0.2) is 0 Å². The van der Waals surface area contributed by atoms with Crippen LogP contribution in [0.2, 0.25) is 20.4 Å². The lowest BCUT2D eigenvalue weighted by Crippen LogP contribution is -2.25. The standard InChI is InChI=1S/C25H34ClN5O.C16H14ClN3O2.C8H4Cl2N2O/c1-5-31(6-2)15-9-10-18(3)28-24-21-13-8-14-22(26)23(21)29-25(30-24)27-17-19-11-7-12-20(16-19)32-4;1-22-11-5-2-4-10(8-11)9-18-16-19-14-12(15(21)20-16)6-3-7-13(14)17;9-5-3-1-2-4-6(5)11-8(10)12-7(4)13/h7-8,11-14,16,18H,5-6,9-10,15,17H2,1-4H3,(H2,27,28,29,30);2-8H,9H2,1H3,(H2,18,19,20,21);1-3H,(H,11,12,13). The van der Waals surface area contributed by atoms with Gasteiger partial charge >= 0.3 is 0 Å². The van der Waals surface area contributed by atoms with E-state index in [0.29, 0.717) is 61.9 Å². The topological polar surface area (TPSA) is 175 Å². The van der Waals surface area contributed by atoms with Crippen LogP contribution in [0.3, 0.4) is 0 Å². The van der Waals surface area contributed by atoms with E-state index in [-0.39, 0.29) is 22.4 Å². The molecule has 8 rings (SSSR count). The molecule has 0 saturated carbocycles. The van der Waals surface area contributed by atoms with Crippen LogP contribution in [-0.2, 0) is 13.1 Å². The van der Waals surface area contributed by atoms with Crippen molar-refractivity contribution in [3.63, 3.8) is 0 Å². The summed E-state index contributed by atoms with van der Waals surface area (Å²) >= 11 is 24.0. The maximum atomic E-state index is 12.0. The van der Waals surface area contributed by atoms with Crippen LogP contribution >= 0.6 is 46.4 Å². The van der Waals surface area contributed by atoms with Crippen LogP contribution in [0.4, 0.5) is 17.7 Å². The zero-order valence-electron chi connectivity index (χ0n) is 37.7. The molecule has 14 nitrogen and oxygen atoms in total. The molecule has 0 amide bonds. The fourth-order valence-electron chi connectivity index (χ4n) is 7.01. The van der Waals surface area contributed by atoms with Gasteiger partial charge in [0.05, 0.1) is 56.6 Å². The molecule has 3 heterocycles. The second kappa shape index (κ2) is 24.6. The highest BCUT2D eigenvalue weighted by Gasteiger charge is 2.14. The van der Waals surface area contributed by atoms with Crippen molar-refractivity contribution in [2.75, 3.05) is 49.8 Å². The Balaban J connectivity index is 0.000000181. The number of nitrogens with one attached hydrogen (secondary N) is 5. The fourth-order valence-corrected chi connectivity index (χ4v) is 7.83. The summed E-state index contributed by atoms with van der Waals surface area (Å²) in [6, 6.07) is 31.8. The molecule has 0 fully saturated rings. The van der Waals surface area contributed by atoms with E-state index in [0.717, 1.165) is 71.8 Å². The van der Waals surface area contributed by atoms with Crippen LogP contribution in [-0.4, -0.2) is 74.7 Å². The van der Waals surface area contributed by atoms with Crippen molar-refractivity contribution in [2.45, 2.75) is 52.7 Å². The van der Waals surface area contributed by atoms with Gasteiger partial charge in [0.1, 0.15) is 17.3 Å². The van der Waals surface area contributed by atoms with E-state index in [2.05, 4.69) is 66.5 Å². The number of aromatic nitrogens is 6. The normalized spacial score (nSPS) is 11.4. The quantitative estimate of drug-likeness (QED) is 0.0580. The predicted molar refractivity (Wildman–Crippen MR) is 275 cm³/mol. The molecule has 0 aliphatic rings. The Bertz CT molecular complexity index is 3040. The molecule has 3 aromatic heterocycles. The molecule has 5 N–H and O–H groups in total. The summed E-state index contributed by atoms with van der Waals surface area (Å²) in [6.07, 6.45) is 2.20. The van der Waals surface area contributed by atoms with Crippen molar-refractivity contribution in [1.29, 1.82) is 0 Å². The summed E-state index contributed by atoms with van der Waals surface area (Å²) in [6.45, 7) is 11.0. The second-order valence-electron chi connectivity index (χ2n) is 15.2. The first-order valence-corrected chi connectivity index (χ1v) is 23.1. The number of aromatic amines is 2. The monoisotopic (exact) mass is 984 g/mol. The molecular weight excluding hydrogens is 934 g/mol. The Labute approximate surface area is 408 Å². The minimum atomic E-state index is -0.280. The lowest BCUT2D eigenvalue weighted by atomic mass is 10.1. The highest BCUT2D eigenvalue weighted by atomic mass is 35.5. The first kappa shape index (κ1) is 50.3. The van der Waals surface area contributed by atoms with Crippen LogP contribution in [0.15, 0.2) is 113 Å². The smallest absolute Gasteiger partial charge is 0.260 e. The van der Waals surface area contributed by atoms with Gasteiger partial charge in [-0.25, -0.2) is 15.0 Å². The zero-order chi connectivity index (χ0) is 47.9. The van der Waals surface area contributed by atoms with Crippen LogP contribution in [0.5, 0.6) is 11.5 Å². The number of nitrogens with zero attached hydrogens (tertiary/aromatic N) is 5. The van der Waals surface area contributed by atoms with Gasteiger partial charge in [-0.1, -0.05) is 91.1 Å². The van der Waals surface area contributed by atoms with E-state index in [1.165, 1.54) is 0 Å². The number of anilines is 3. The van der Waals surface area contributed by atoms with E-state index in [1.807, 2.05) is 66.7 Å². The van der Waals surface area contributed by atoms with Gasteiger partial charge in [0.25, 0.3) is 11.1 Å². The number of rotatable bonds is 16. The molecule has 0 radical (unpaired) electrons. The highest BCUT2D eigenvalue weighted by molar-refractivity contribution is 6.36. The average Bonchev–Trinajstić information content (AvgIpc) is 3.33. The molecule has 67 heavy (non-hydrogen) atoms. The summed E-state index contributed by atoms with van der Waals surface area (Å²) in [4.78, 5) is 48.6. The maximum absolute atomic E-state index is 12.0. The molecule has 0 saturated heterocycles. The number of hydrogen-bond donors (Lipinski definition) is 5. The van der Waals surface area contributed by atoms with Crippen LogP contribution < -0.4 is 36.5 Å². The van der Waals surface area contributed by atoms with Gasteiger partial charge in [-0.3, -0.25) is 19.6 Å². The van der Waals surface area contributed by atoms with Crippen molar-refractivity contribution >= 4 is 96.8 Å². The Kier molecular flexibility index (Phi) is 18.4. The van der Waals surface area contributed by atoms with Crippen LogP contribution in [0, 0.1) is 0 Å². The fraction of sp³-hybridized carbons (Fsp3) is 0.265. The molecule has 5 aromatic carbocycles. The summed E-state index contributed by atoms with van der Waals surface area (Å²) < 4.78 is 10.5. The molecule has 1 atom stereocenters. The molecule has 1 unspecified atom stereocenters. The second-order valence-corrected chi connectivity index (χ2v) is 16.8. The summed E-state index contributed by atoms with van der Waals surface area (Å²) in [7, 11) is 3.29. The Hall–Kier alpha value is -6.16. The van der Waals surface area contributed by atoms with Gasteiger partial charge < -0.3 is 30.3 Å². The molecular formula is C49H52Cl4N10O4. The van der Waals surface area contributed by atoms with Gasteiger partial charge in [0.2, 0.25) is 17.2 Å². The van der Waals surface area contributed by atoms with Crippen molar-refractivity contribution in [3.05, 3.63) is 155 Å². The molecule has 18 heteroatoms. The van der Waals surface area contributed by atoms with E-state index in [1.54, 1.807) is 50.6 Å². The first-order valence-electron chi connectivity index (χ1n) is 21.6. The third kappa shape index (κ3) is 13.9. The Morgan fingerprint density at radius 2 is 1.13 bits per heavy atom. The summed E-state index contributed by atoms with van der Waals surface area (Å²) in [5.41, 5.74) is 3.26. The van der Waals surface area contributed by atoms with E-state index in [9.17, 15) is 9.59 Å². The third-order valence-electron chi connectivity index (χ3n) is 10.6. The van der Waals surface area contributed by atoms with Crippen molar-refractivity contribution < 1.29 is 9.47 Å². The van der Waals surface area contributed by atoms with Gasteiger partial charge in [-0.05, 0) is 123 Å². The zero-order valence-corrected chi connectivity index (χ0v) is 40.7. The number of para-hydroxylation sites is 3. The van der Waals surface area contributed by atoms with E-state index in [4.69, 9.17) is 60.9 Å². The SMILES string of the molecule is CCN(CC)CCCC(C)Nc1nc(NCc2cccc(OC)c2)nc2c(Cl)cccc12.COc1cccc(CNc2nc3c(Cl)cccc3c(=O)[nH]2)c1.O=c1[nH]c(Cl)nc2c(Cl)cccc12. The minimum absolute atomic E-state index is 0.0469. The largest absolute Gasteiger partial charge is 0.497 e. The number of halogens is 4. The number of methoxy groups -OCH3 is 2. The molecule has 350 valence electrons. The van der Waals surface area contributed by atoms with Crippen molar-refractivity contribution in [2.24, 2.45) is 0 Å². The number of hydrogen-bond acceptors (Lipinski definition) is 12. The highest BCUT2D eigenvalue weighted by Crippen LogP contribution is 2.29. The van der Waals surface area contributed by atoms with Crippen molar-refractivity contribution in [3.8, 4) is 11.5 Å². The third-order valence-corrected chi connectivity index (χ3v) is 11.7. The minimum Gasteiger partial charge on any atom is -0.497 e. The molecule has 0 bridgehead atoms. The van der Waals surface area contributed by atoms with Crippen LogP contribution in [0.25, 0.3) is 32.7 Å². The van der Waals surface area contributed by atoms with Crippen LogP contribution in [0.1, 0.15) is 44.7 Å². The van der Waals surface area contributed by atoms with Gasteiger partial charge in [-0.2, -0.15) is 4.98 Å². The van der Waals surface area contributed by atoms with Crippen molar-refractivity contribution in [1.82, 2.24) is 34.8 Å². The lowest BCUT2D eigenvalue weighted by Gasteiger charge is -2.21. The molecule has 0 aliphatic carbocycles. The van der Waals surface area contributed by atoms with Gasteiger partial charge in [0, 0.05) is 24.5 Å². The maximum Gasteiger partial charge on any atom is 0.260 e. The number of benzene rings is 5. The lowest BCUT2D eigenvalue weighted by molar-refractivity contribution is 0.295. The van der Waals surface area contributed by atoms with E-state index < -0.39 is 0 Å². The van der Waals surface area contributed by atoms with E-state index >= 15 is 0 Å². The molecule has 8 aromatic rings. The number of H-pyrrole nitrogens is 2. The first-order chi connectivity index (χ1) is 32.4. The number of fused-ring (bicyclic) bond motifs is 3. The average molecular weight is 987 g/mol. The Morgan fingerprint density at radius 3 is 1.70 bits per heavy atom. The molecule has 0 aliphatic heterocycles. The Morgan fingerprint density at radius 1 is 0.627 bits per heavy atom. The summed E-state index contributed by atoms with van der Waals surface area (Å²) in [5.74, 6) is 3.34. The molecule has 0 spiro atoms. The number of ether oxygens (including phenoxy) is 2. The summed E-state index contributed by atoms with van der Waals surface area (Å²) in [5, 5.41) is 13.4. The predicted octanol–water partition coefficient (Wildman–Crippen LogP) is 11.3.